The first-order chi connectivity index (χ1) is 12.2. The van der Waals surface area contributed by atoms with Crippen molar-refractivity contribution in [3.63, 3.8) is 0 Å². The van der Waals surface area contributed by atoms with E-state index in [2.05, 4.69) is 19.8 Å². The summed E-state index contributed by atoms with van der Waals surface area (Å²) in [5.41, 5.74) is -1.46. The van der Waals surface area contributed by atoms with Crippen LogP contribution < -0.4 is 0 Å². The number of hydrogen-bond donors (Lipinski definition) is 2. The molecule has 4 fully saturated rings. The van der Waals surface area contributed by atoms with Gasteiger partial charge in [0, 0.05) is 18.3 Å². The second-order valence-electron chi connectivity index (χ2n) is 10.3. The van der Waals surface area contributed by atoms with Gasteiger partial charge in [-0.25, -0.2) is 0 Å². The summed E-state index contributed by atoms with van der Waals surface area (Å²) in [4.78, 5) is 12.0. The molecule has 4 aliphatic carbocycles. The van der Waals surface area contributed by atoms with Crippen molar-refractivity contribution in [2.75, 3.05) is 0 Å². The number of ketones is 1. The number of Topliss-reactive ketones (excluding diaryl/α,β-unsaturated/α-hetero) is 1. The Bertz CT molecular complexity index is 648. The highest BCUT2D eigenvalue weighted by atomic mass is 16.3. The van der Waals surface area contributed by atoms with Crippen molar-refractivity contribution >= 4 is 5.78 Å². The first-order valence-electron chi connectivity index (χ1n) is 10.6. The van der Waals surface area contributed by atoms with Gasteiger partial charge in [0.05, 0.1) is 6.10 Å². The summed E-state index contributed by atoms with van der Waals surface area (Å²) in [6.07, 6.45) is 12.8. The summed E-state index contributed by atoms with van der Waals surface area (Å²) >= 11 is 0. The van der Waals surface area contributed by atoms with Crippen LogP contribution in [0.2, 0.25) is 0 Å². The number of terminal acetylenes is 1. The molecule has 3 nitrogen and oxygen atoms in total. The minimum absolute atomic E-state index is 0.0629. The zero-order valence-corrected chi connectivity index (χ0v) is 16.5. The Hall–Kier alpha value is -0.850. The smallest absolute Gasteiger partial charge is 0.133 e. The van der Waals surface area contributed by atoms with E-state index in [4.69, 9.17) is 6.42 Å². The molecule has 4 aliphatic rings. The highest BCUT2D eigenvalue weighted by Gasteiger charge is 2.68. The van der Waals surface area contributed by atoms with E-state index in [1.165, 1.54) is 0 Å². The van der Waals surface area contributed by atoms with E-state index in [1.54, 1.807) is 0 Å². The van der Waals surface area contributed by atoms with Gasteiger partial charge in [-0.3, -0.25) is 4.79 Å². The van der Waals surface area contributed by atoms with Crippen molar-refractivity contribution in [2.24, 2.45) is 40.4 Å². The lowest BCUT2D eigenvalue weighted by Gasteiger charge is -2.64. The molecule has 0 aromatic heterocycles. The van der Waals surface area contributed by atoms with Crippen LogP contribution in [-0.4, -0.2) is 27.7 Å². The number of rotatable bonds is 1. The minimum Gasteiger partial charge on any atom is -0.393 e. The number of hydrogen-bond acceptors (Lipinski definition) is 3. The summed E-state index contributed by atoms with van der Waals surface area (Å²) in [5, 5.41) is 22.1. The van der Waals surface area contributed by atoms with Crippen LogP contribution >= 0.6 is 0 Å². The van der Waals surface area contributed by atoms with E-state index >= 15 is 0 Å². The van der Waals surface area contributed by atoms with E-state index in [0.29, 0.717) is 48.7 Å². The number of aliphatic hydroxyl groups is 2. The first-order valence-corrected chi connectivity index (χ1v) is 10.6. The summed E-state index contributed by atoms with van der Waals surface area (Å²) in [6.45, 7) is 6.37. The number of fused-ring (bicyclic) bond motifs is 5. The average molecular weight is 359 g/mol. The maximum atomic E-state index is 12.0. The van der Waals surface area contributed by atoms with Crippen LogP contribution in [-0.2, 0) is 4.79 Å². The van der Waals surface area contributed by atoms with Crippen LogP contribution in [0.1, 0.15) is 72.1 Å². The van der Waals surface area contributed by atoms with E-state index in [0.717, 1.165) is 32.1 Å². The predicted molar refractivity (Wildman–Crippen MR) is 101 cm³/mol. The van der Waals surface area contributed by atoms with Crippen molar-refractivity contribution in [1.82, 2.24) is 0 Å². The van der Waals surface area contributed by atoms with Gasteiger partial charge in [0.15, 0.2) is 0 Å². The predicted octanol–water partition coefficient (Wildman–Crippen LogP) is 3.57. The molecule has 0 saturated heterocycles. The molecular formula is C23H34O3. The molecule has 0 spiro atoms. The number of carbonyl (C=O) groups excluding carboxylic acids is 1. The molecule has 9 atom stereocenters. The normalized spacial score (nSPS) is 54.6. The Morgan fingerprint density at radius 3 is 2.58 bits per heavy atom. The van der Waals surface area contributed by atoms with Gasteiger partial charge in [0.25, 0.3) is 0 Å². The Kier molecular flexibility index (Phi) is 4.14. The van der Waals surface area contributed by atoms with Crippen molar-refractivity contribution in [2.45, 2.75) is 83.8 Å². The van der Waals surface area contributed by atoms with Gasteiger partial charge < -0.3 is 10.2 Å². The third-order valence-corrected chi connectivity index (χ3v) is 9.64. The first kappa shape index (κ1) is 18.5. The molecule has 0 heterocycles. The molecule has 144 valence electrons. The topological polar surface area (TPSA) is 57.5 Å². The summed E-state index contributed by atoms with van der Waals surface area (Å²) in [6, 6.07) is 0. The fraction of sp³-hybridized carbons (Fsp3) is 0.870. The number of aliphatic hydroxyl groups excluding tert-OH is 1. The Morgan fingerprint density at radius 1 is 1.19 bits per heavy atom. The van der Waals surface area contributed by atoms with Gasteiger partial charge in [-0.15, -0.1) is 6.42 Å². The van der Waals surface area contributed by atoms with Crippen LogP contribution in [0.25, 0.3) is 0 Å². The second kappa shape index (κ2) is 5.82. The van der Waals surface area contributed by atoms with E-state index < -0.39 is 17.1 Å². The maximum Gasteiger partial charge on any atom is 0.133 e. The van der Waals surface area contributed by atoms with Gasteiger partial charge in [-0.2, -0.15) is 0 Å². The van der Waals surface area contributed by atoms with Crippen LogP contribution in [0, 0.1) is 52.8 Å². The summed E-state index contributed by atoms with van der Waals surface area (Å²) in [5.74, 6) is 5.06. The largest absolute Gasteiger partial charge is 0.393 e. The van der Waals surface area contributed by atoms with Crippen LogP contribution in [0.4, 0.5) is 0 Å². The molecule has 4 saturated carbocycles. The van der Waals surface area contributed by atoms with Gasteiger partial charge in [0.1, 0.15) is 11.4 Å². The third kappa shape index (κ3) is 2.18. The lowest BCUT2D eigenvalue weighted by Crippen LogP contribution is -2.64. The lowest BCUT2D eigenvalue weighted by atomic mass is 9.41. The fourth-order valence-corrected chi connectivity index (χ4v) is 8.09. The summed E-state index contributed by atoms with van der Waals surface area (Å²) < 4.78 is 0. The van der Waals surface area contributed by atoms with Gasteiger partial charge in [-0.1, -0.05) is 19.8 Å². The standard InChI is InChI=1S/C23H34O3/c1-5-23(26)13-20-17(19-9-8-18(14(2)24)22(19,23)4)7-6-15-12-16(25)10-11-21(15,20)3/h1,14-15,17-20,24,26H,6-13H2,2-4H3/t14-,15?,17-,18+,19-,20-,21-,22+,23+/m0/s1. The van der Waals surface area contributed by atoms with Gasteiger partial charge in [-0.05, 0) is 80.5 Å². The molecule has 0 amide bonds. The zero-order valence-electron chi connectivity index (χ0n) is 16.5. The molecule has 1 unspecified atom stereocenters. The molecule has 0 bridgehead atoms. The lowest BCUT2D eigenvalue weighted by molar-refractivity contribution is -0.200. The molecule has 0 aromatic rings. The van der Waals surface area contributed by atoms with Crippen LogP contribution in [0.15, 0.2) is 0 Å². The van der Waals surface area contributed by atoms with E-state index in [1.807, 2.05) is 6.92 Å². The average Bonchev–Trinajstić information content (AvgIpc) is 2.96. The Labute approximate surface area is 157 Å². The molecule has 4 rings (SSSR count). The van der Waals surface area contributed by atoms with Crippen molar-refractivity contribution in [3.8, 4) is 12.3 Å². The van der Waals surface area contributed by atoms with Crippen LogP contribution in [0.3, 0.4) is 0 Å². The van der Waals surface area contributed by atoms with E-state index in [-0.39, 0.29) is 11.3 Å². The van der Waals surface area contributed by atoms with E-state index in [9.17, 15) is 15.0 Å². The number of carbonyl (C=O) groups is 1. The van der Waals surface area contributed by atoms with Crippen LogP contribution in [0.5, 0.6) is 0 Å². The van der Waals surface area contributed by atoms with Crippen molar-refractivity contribution < 1.29 is 15.0 Å². The minimum atomic E-state index is -1.16. The highest BCUT2D eigenvalue weighted by molar-refractivity contribution is 5.79. The summed E-state index contributed by atoms with van der Waals surface area (Å²) in [7, 11) is 0. The second-order valence-corrected chi connectivity index (χ2v) is 10.3. The Balaban J connectivity index is 1.76. The fourth-order valence-electron chi connectivity index (χ4n) is 8.09. The SMILES string of the molecule is C#C[C@@]1(O)C[C@H]2[C@@H](CCC3CC(=O)CC[C@@]32C)[C@@H]2CC[C@H]([C@H](C)O)[C@]21C. The van der Waals surface area contributed by atoms with Crippen molar-refractivity contribution in [3.05, 3.63) is 0 Å². The van der Waals surface area contributed by atoms with Gasteiger partial charge >= 0.3 is 0 Å². The monoisotopic (exact) mass is 358 g/mol. The van der Waals surface area contributed by atoms with Gasteiger partial charge in [0.2, 0.25) is 0 Å². The maximum absolute atomic E-state index is 12.0. The highest BCUT2D eigenvalue weighted by Crippen LogP contribution is 2.70. The molecule has 3 heteroatoms. The third-order valence-electron chi connectivity index (χ3n) is 9.64. The molecule has 2 N–H and O–H groups in total. The zero-order chi connectivity index (χ0) is 18.9. The Morgan fingerprint density at radius 2 is 1.92 bits per heavy atom. The van der Waals surface area contributed by atoms with Crippen molar-refractivity contribution in [1.29, 1.82) is 0 Å². The molecule has 0 aliphatic heterocycles. The molecule has 0 aromatic carbocycles. The molecule has 26 heavy (non-hydrogen) atoms. The molecular weight excluding hydrogens is 324 g/mol. The molecule has 0 radical (unpaired) electrons. The quantitative estimate of drug-likeness (QED) is 0.705.